The number of thiazole rings is 1. The molecular weight excluding hydrogens is 218 g/mol. The molecule has 0 saturated carbocycles. The number of nitrogens with zero attached hydrogens (tertiary/aromatic N) is 1. The lowest BCUT2D eigenvalue weighted by Crippen LogP contribution is -1.85. The van der Waals surface area contributed by atoms with Gasteiger partial charge in [0, 0.05) is 22.0 Å². The van der Waals surface area contributed by atoms with Crippen LogP contribution in [0.3, 0.4) is 0 Å². The number of benzene rings is 1. The van der Waals surface area contributed by atoms with Crippen molar-refractivity contribution in [3.8, 4) is 0 Å². The predicted octanol–water partition coefficient (Wildman–Crippen LogP) is 1.52. The molecule has 1 heterocycles. The summed E-state index contributed by atoms with van der Waals surface area (Å²) in [6.07, 6.45) is 1.69. The van der Waals surface area contributed by atoms with Gasteiger partial charge in [-0.25, -0.2) is 4.98 Å². The molecule has 0 radical (unpaired) electrons. The smallest absolute Gasteiger partial charge is 0.0907 e. The average Bonchev–Trinajstić information content (AvgIpc) is 2.42. The van der Waals surface area contributed by atoms with Crippen molar-refractivity contribution in [2.24, 2.45) is 0 Å². The van der Waals surface area contributed by atoms with Crippen LogP contribution in [-0.2, 0) is 10.8 Å². The Morgan fingerprint density at radius 2 is 2.14 bits per heavy atom. The summed E-state index contributed by atoms with van der Waals surface area (Å²) in [4.78, 5) is 5.20. The highest BCUT2D eigenvalue weighted by Gasteiger charge is 2.03. The highest BCUT2D eigenvalue weighted by atomic mass is 32.2. The Morgan fingerprint density at radius 3 is 2.79 bits per heavy atom. The van der Waals surface area contributed by atoms with Crippen LogP contribution in [-0.4, -0.2) is 20.9 Å². The van der Waals surface area contributed by atoms with E-state index < -0.39 is 10.8 Å². The lowest BCUT2D eigenvalue weighted by Gasteiger charge is -1.93. The molecule has 76 valence electrons. The van der Waals surface area contributed by atoms with Crippen LogP contribution < -0.4 is 0 Å². The van der Waals surface area contributed by atoms with Gasteiger partial charge in [0.05, 0.1) is 15.2 Å². The van der Waals surface area contributed by atoms with Crippen molar-refractivity contribution in [2.75, 3.05) is 6.26 Å². The molecule has 2 aromatic rings. The molecule has 1 aromatic heterocycles. The zero-order chi connectivity index (χ0) is 9.42. The molecule has 0 amide bonds. The van der Waals surface area contributed by atoms with E-state index in [9.17, 15) is 4.21 Å². The van der Waals surface area contributed by atoms with E-state index in [2.05, 4.69) is 4.98 Å². The quantitative estimate of drug-likeness (QED) is 0.744. The van der Waals surface area contributed by atoms with Gasteiger partial charge in [-0.05, 0) is 25.1 Å². The fourth-order valence-corrected chi connectivity index (χ4v) is 2.68. The number of fused-ring (bicyclic) bond motifs is 1. The van der Waals surface area contributed by atoms with Gasteiger partial charge in [0.1, 0.15) is 0 Å². The minimum Gasteiger partial charge on any atom is -0.412 e. The Balaban J connectivity index is 0.000000980. The van der Waals surface area contributed by atoms with Crippen LogP contribution >= 0.6 is 11.3 Å². The molecule has 2 N–H and O–H groups in total. The lowest BCUT2D eigenvalue weighted by molar-refractivity contribution is 0.687. The van der Waals surface area contributed by atoms with Gasteiger partial charge < -0.3 is 5.48 Å². The maximum atomic E-state index is 11.2. The molecule has 14 heavy (non-hydrogen) atoms. The van der Waals surface area contributed by atoms with Crippen LogP contribution in [0.5, 0.6) is 0 Å². The molecule has 0 bridgehead atoms. The minimum absolute atomic E-state index is 0. The molecule has 0 fully saturated rings. The molecule has 1 unspecified atom stereocenters. The summed E-state index contributed by atoms with van der Waals surface area (Å²) >= 11 is 1.64. The second-order valence-corrected chi connectivity index (χ2v) is 5.43. The molecule has 2 rings (SSSR count). The van der Waals surface area contributed by atoms with Crippen molar-refractivity contribution in [2.45, 2.75) is 11.8 Å². The number of hydrogen-bond donors (Lipinski definition) is 0. The number of rotatable bonds is 1. The van der Waals surface area contributed by atoms with E-state index in [1.54, 1.807) is 17.6 Å². The second-order valence-electron chi connectivity index (χ2n) is 2.82. The molecule has 0 saturated heterocycles. The SMILES string of the molecule is Cc1nc2ccc(S(C)=O)cc2s1.O. The third-order valence-corrected chi connectivity index (χ3v) is 3.65. The second kappa shape index (κ2) is 4.16. The van der Waals surface area contributed by atoms with Crippen molar-refractivity contribution >= 4 is 32.4 Å². The molecule has 1 aromatic carbocycles. The Bertz CT molecular complexity index is 479. The highest BCUT2D eigenvalue weighted by molar-refractivity contribution is 7.84. The van der Waals surface area contributed by atoms with Crippen molar-refractivity contribution in [1.29, 1.82) is 0 Å². The Labute approximate surface area is 88.6 Å². The third-order valence-electron chi connectivity index (χ3n) is 1.80. The maximum absolute atomic E-state index is 11.2. The zero-order valence-corrected chi connectivity index (χ0v) is 9.54. The number of aromatic nitrogens is 1. The van der Waals surface area contributed by atoms with Crippen molar-refractivity contribution in [3.05, 3.63) is 23.2 Å². The molecule has 0 aliphatic rings. The Hall–Kier alpha value is -0.780. The van der Waals surface area contributed by atoms with Gasteiger partial charge in [-0.1, -0.05) is 0 Å². The molecule has 3 nitrogen and oxygen atoms in total. The molecule has 0 aliphatic heterocycles. The van der Waals surface area contributed by atoms with Crippen LogP contribution in [0, 0.1) is 6.92 Å². The first-order valence-corrected chi connectivity index (χ1v) is 6.25. The normalized spacial score (nSPS) is 12.4. The van der Waals surface area contributed by atoms with E-state index in [1.807, 2.05) is 25.1 Å². The van der Waals surface area contributed by atoms with Gasteiger partial charge >= 0.3 is 0 Å². The lowest BCUT2D eigenvalue weighted by atomic mass is 10.3. The van der Waals surface area contributed by atoms with Gasteiger partial charge in [-0.3, -0.25) is 4.21 Å². The summed E-state index contributed by atoms with van der Waals surface area (Å²) < 4.78 is 12.3. The van der Waals surface area contributed by atoms with Crippen LogP contribution in [0.25, 0.3) is 10.2 Å². The van der Waals surface area contributed by atoms with Crippen LogP contribution in [0.2, 0.25) is 0 Å². The molecular formula is C9H11NO2S2. The predicted molar refractivity (Wildman–Crippen MR) is 60.3 cm³/mol. The van der Waals surface area contributed by atoms with Gasteiger partial charge in [-0.2, -0.15) is 0 Å². The number of aryl methyl sites for hydroxylation is 1. The van der Waals surface area contributed by atoms with Crippen molar-refractivity contribution in [1.82, 2.24) is 4.98 Å². The van der Waals surface area contributed by atoms with Crippen molar-refractivity contribution < 1.29 is 9.69 Å². The van der Waals surface area contributed by atoms with Gasteiger partial charge in [0.15, 0.2) is 0 Å². The summed E-state index contributed by atoms with van der Waals surface area (Å²) in [6.45, 7) is 1.98. The standard InChI is InChI=1S/C9H9NOS2.H2O/c1-6-10-8-4-3-7(13(2)11)5-9(8)12-6;/h3-5H,1-2H3;1H2. The first-order chi connectivity index (χ1) is 6.16. The summed E-state index contributed by atoms with van der Waals surface area (Å²) in [5.74, 6) is 0. The Kier molecular flexibility index (Phi) is 3.36. The first-order valence-electron chi connectivity index (χ1n) is 3.87. The zero-order valence-electron chi connectivity index (χ0n) is 7.90. The highest BCUT2D eigenvalue weighted by Crippen LogP contribution is 2.23. The molecule has 1 atom stereocenters. The molecule has 0 aliphatic carbocycles. The molecule has 5 heteroatoms. The third kappa shape index (κ3) is 2.00. The van der Waals surface area contributed by atoms with Gasteiger partial charge in [-0.15, -0.1) is 11.3 Å². The van der Waals surface area contributed by atoms with Gasteiger partial charge in [0.2, 0.25) is 0 Å². The summed E-state index contributed by atoms with van der Waals surface area (Å²) in [7, 11) is -0.897. The summed E-state index contributed by atoms with van der Waals surface area (Å²) in [5, 5.41) is 1.05. The monoisotopic (exact) mass is 229 g/mol. The topological polar surface area (TPSA) is 61.5 Å². The summed E-state index contributed by atoms with van der Waals surface area (Å²) in [5.41, 5.74) is 0.997. The Morgan fingerprint density at radius 1 is 1.43 bits per heavy atom. The molecule has 0 spiro atoms. The number of hydrogen-bond acceptors (Lipinski definition) is 3. The van der Waals surface area contributed by atoms with E-state index in [4.69, 9.17) is 0 Å². The largest absolute Gasteiger partial charge is 0.412 e. The van der Waals surface area contributed by atoms with E-state index in [-0.39, 0.29) is 5.48 Å². The average molecular weight is 229 g/mol. The summed E-state index contributed by atoms with van der Waals surface area (Å²) in [6, 6.07) is 5.75. The van der Waals surface area contributed by atoms with E-state index in [0.29, 0.717) is 0 Å². The van der Waals surface area contributed by atoms with Crippen LogP contribution in [0.4, 0.5) is 0 Å². The van der Waals surface area contributed by atoms with E-state index >= 15 is 0 Å². The van der Waals surface area contributed by atoms with E-state index in [1.165, 1.54) is 0 Å². The first kappa shape index (κ1) is 11.3. The van der Waals surface area contributed by atoms with Crippen LogP contribution in [0.15, 0.2) is 23.1 Å². The van der Waals surface area contributed by atoms with Crippen LogP contribution in [0.1, 0.15) is 5.01 Å². The van der Waals surface area contributed by atoms with E-state index in [0.717, 1.165) is 20.1 Å². The minimum atomic E-state index is -0.897. The fraction of sp³-hybridized carbons (Fsp3) is 0.222. The fourth-order valence-electron chi connectivity index (χ4n) is 1.20. The maximum Gasteiger partial charge on any atom is 0.0907 e. The van der Waals surface area contributed by atoms with Crippen molar-refractivity contribution in [3.63, 3.8) is 0 Å². The van der Waals surface area contributed by atoms with Gasteiger partial charge in [0.25, 0.3) is 0 Å².